The minimum absolute atomic E-state index is 0.0579. The number of carbonyl (C=O) groups excluding carboxylic acids is 3. The average Bonchev–Trinajstić information content (AvgIpc) is 2.69. The first kappa shape index (κ1) is 23.3. The molecule has 1 aromatic carbocycles. The number of hydrogen-bond acceptors (Lipinski definition) is 7. The SMILES string of the molecule is CC(=O)OC(C(=O)O)C1OCCN(c2cccc(C(=O)N(C)CCN(C)C)c2)C1=O. The smallest absolute Gasteiger partial charge is 0.348 e. The summed E-state index contributed by atoms with van der Waals surface area (Å²) in [7, 11) is 5.53. The first-order valence-corrected chi connectivity index (χ1v) is 9.45. The molecule has 0 saturated carbocycles. The molecule has 30 heavy (non-hydrogen) atoms. The second-order valence-electron chi connectivity index (χ2n) is 7.23. The average molecular weight is 421 g/mol. The molecule has 0 radical (unpaired) electrons. The summed E-state index contributed by atoms with van der Waals surface area (Å²) in [5.74, 6) is -3.15. The Balaban J connectivity index is 2.21. The van der Waals surface area contributed by atoms with Crippen LogP contribution < -0.4 is 4.90 Å². The van der Waals surface area contributed by atoms with Crippen LogP contribution in [0.3, 0.4) is 0 Å². The number of hydrogen-bond donors (Lipinski definition) is 1. The van der Waals surface area contributed by atoms with Gasteiger partial charge in [0.25, 0.3) is 11.8 Å². The second-order valence-corrected chi connectivity index (χ2v) is 7.23. The van der Waals surface area contributed by atoms with E-state index in [0.29, 0.717) is 24.3 Å². The third-order valence-corrected chi connectivity index (χ3v) is 4.57. The van der Waals surface area contributed by atoms with Crippen molar-refractivity contribution in [2.45, 2.75) is 19.1 Å². The van der Waals surface area contributed by atoms with Crippen LogP contribution in [0.2, 0.25) is 0 Å². The number of likely N-dealkylation sites (N-methyl/N-ethyl adjacent to an activating group) is 2. The summed E-state index contributed by atoms with van der Waals surface area (Å²) in [4.78, 5) is 53.2. The fourth-order valence-corrected chi connectivity index (χ4v) is 2.98. The lowest BCUT2D eigenvalue weighted by atomic mass is 10.1. The number of carboxylic acids is 1. The number of anilines is 1. The van der Waals surface area contributed by atoms with Gasteiger partial charge in [-0.25, -0.2) is 4.79 Å². The molecular weight excluding hydrogens is 394 g/mol. The molecule has 1 aromatic rings. The zero-order valence-corrected chi connectivity index (χ0v) is 17.5. The fraction of sp³-hybridized carbons (Fsp3) is 0.500. The normalized spacial score (nSPS) is 17.6. The summed E-state index contributed by atoms with van der Waals surface area (Å²) in [6.45, 7) is 2.54. The molecule has 10 nitrogen and oxygen atoms in total. The lowest BCUT2D eigenvalue weighted by Gasteiger charge is -2.34. The third kappa shape index (κ3) is 5.77. The van der Waals surface area contributed by atoms with Crippen molar-refractivity contribution in [1.29, 1.82) is 0 Å². The molecule has 1 fully saturated rings. The Hall–Kier alpha value is -2.98. The van der Waals surface area contributed by atoms with Gasteiger partial charge in [0, 0.05) is 44.9 Å². The van der Waals surface area contributed by atoms with E-state index in [2.05, 4.69) is 0 Å². The van der Waals surface area contributed by atoms with Gasteiger partial charge < -0.3 is 29.3 Å². The highest BCUT2D eigenvalue weighted by molar-refractivity contribution is 6.02. The molecule has 2 rings (SSSR count). The summed E-state index contributed by atoms with van der Waals surface area (Å²) in [5, 5.41) is 9.33. The highest BCUT2D eigenvalue weighted by Gasteiger charge is 2.42. The molecule has 164 valence electrons. The van der Waals surface area contributed by atoms with Gasteiger partial charge in [0.2, 0.25) is 6.10 Å². The number of benzene rings is 1. The van der Waals surface area contributed by atoms with E-state index >= 15 is 0 Å². The van der Waals surface area contributed by atoms with Gasteiger partial charge in [-0.15, -0.1) is 0 Å². The number of carboxylic acid groups (broad SMARTS) is 1. The molecule has 2 amide bonds. The van der Waals surface area contributed by atoms with Crippen LogP contribution in [-0.2, 0) is 23.9 Å². The van der Waals surface area contributed by atoms with Crippen LogP contribution in [0.1, 0.15) is 17.3 Å². The molecule has 1 aliphatic rings. The molecule has 2 unspecified atom stereocenters. The van der Waals surface area contributed by atoms with Crippen molar-refractivity contribution in [1.82, 2.24) is 9.80 Å². The van der Waals surface area contributed by atoms with Crippen LogP contribution >= 0.6 is 0 Å². The summed E-state index contributed by atoms with van der Waals surface area (Å²) in [6.07, 6.45) is -3.22. The number of nitrogens with zero attached hydrogens (tertiary/aromatic N) is 3. The number of morpholine rings is 1. The molecule has 0 aromatic heterocycles. The molecule has 2 atom stereocenters. The van der Waals surface area contributed by atoms with Crippen molar-refractivity contribution in [3.63, 3.8) is 0 Å². The van der Waals surface area contributed by atoms with E-state index in [1.165, 1.54) is 4.90 Å². The van der Waals surface area contributed by atoms with Gasteiger partial charge in [-0.2, -0.15) is 0 Å². The Morgan fingerprint density at radius 1 is 1.27 bits per heavy atom. The Morgan fingerprint density at radius 2 is 1.97 bits per heavy atom. The summed E-state index contributed by atoms with van der Waals surface area (Å²) in [6, 6.07) is 6.54. The first-order chi connectivity index (χ1) is 14.1. The fourth-order valence-electron chi connectivity index (χ4n) is 2.98. The minimum atomic E-state index is -1.75. The number of ether oxygens (including phenoxy) is 2. The Morgan fingerprint density at radius 3 is 2.57 bits per heavy atom. The van der Waals surface area contributed by atoms with Crippen LogP contribution in [0.25, 0.3) is 0 Å². The van der Waals surface area contributed by atoms with E-state index in [0.717, 1.165) is 6.92 Å². The zero-order valence-electron chi connectivity index (χ0n) is 17.5. The largest absolute Gasteiger partial charge is 0.478 e. The van der Waals surface area contributed by atoms with E-state index < -0.39 is 30.1 Å². The zero-order chi connectivity index (χ0) is 22.4. The Bertz CT molecular complexity index is 811. The number of esters is 1. The van der Waals surface area contributed by atoms with Gasteiger partial charge in [-0.05, 0) is 32.3 Å². The number of carbonyl (C=O) groups is 4. The standard InChI is InChI=1S/C20H27N3O7/c1-13(24)30-17(20(27)28)16-19(26)23(10-11-29-16)15-7-5-6-14(12-15)18(25)22(4)9-8-21(2)3/h5-7,12,16-17H,8-11H2,1-4H3,(H,27,28). The summed E-state index contributed by atoms with van der Waals surface area (Å²) < 4.78 is 10.1. The van der Waals surface area contributed by atoms with Gasteiger partial charge in [-0.3, -0.25) is 14.4 Å². The predicted octanol–water partition coefficient (Wildman–Crippen LogP) is 0.0683. The van der Waals surface area contributed by atoms with Crippen molar-refractivity contribution in [2.75, 3.05) is 52.3 Å². The molecule has 1 saturated heterocycles. The number of amides is 2. The van der Waals surface area contributed by atoms with E-state index in [1.807, 2.05) is 19.0 Å². The van der Waals surface area contributed by atoms with Crippen LogP contribution in [0.15, 0.2) is 24.3 Å². The molecule has 0 aliphatic carbocycles. The molecule has 1 N–H and O–H groups in total. The maximum absolute atomic E-state index is 12.9. The maximum Gasteiger partial charge on any atom is 0.348 e. The van der Waals surface area contributed by atoms with Crippen LogP contribution in [0, 0.1) is 0 Å². The van der Waals surface area contributed by atoms with Gasteiger partial charge in [0.15, 0.2) is 6.10 Å². The van der Waals surface area contributed by atoms with E-state index in [4.69, 9.17) is 9.47 Å². The summed E-state index contributed by atoms with van der Waals surface area (Å²) in [5.41, 5.74) is 0.839. The molecule has 0 bridgehead atoms. The Labute approximate surface area is 174 Å². The van der Waals surface area contributed by atoms with E-state index in [9.17, 15) is 24.3 Å². The van der Waals surface area contributed by atoms with Gasteiger partial charge in [0.05, 0.1) is 6.61 Å². The number of aliphatic carboxylic acids is 1. The van der Waals surface area contributed by atoms with Gasteiger partial charge in [-0.1, -0.05) is 6.07 Å². The highest BCUT2D eigenvalue weighted by Crippen LogP contribution is 2.23. The predicted molar refractivity (Wildman–Crippen MR) is 107 cm³/mol. The van der Waals surface area contributed by atoms with E-state index in [-0.39, 0.29) is 19.1 Å². The van der Waals surface area contributed by atoms with Crippen LogP contribution in [0.4, 0.5) is 5.69 Å². The van der Waals surface area contributed by atoms with Crippen molar-refractivity contribution in [3.05, 3.63) is 29.8 Å². The first-order valence-electron chi connectivity index (χ1n) is 9.45. The monoisotopic (exact) mass is 421 g/mol. The third-order valence-electron chi connectivity index (χ3n) is 4.57. The lowest BCUT2D eigenvalue weighted by Crippen LogP contribution is -2.55. The topological polar surface area (TPSA) is 117 Å². The number of rotatable bonds is 8. The Kier molecular flexibility index (Phi) is 7.90. The molecule has 10 heteroatoms. The molecular formula is C20H27N3O7. The minimum Gasteiger partial charge on any atom is -0.478 e. The maximum atomic E-state index is 12.9. The molecule has 1 aliphatic heterocycles. The second kappa shape index (κ2) is 10.2. The van der Waals surface area contributed by atoms with Crippen molar-refractivity contribution >= 4 is 29.4 Å². The quantitative estimate of drug-likeness (QED) is 0.586. The van der Waals surface area contributed by atoms with Crippen LogP contribution in [-0.4, -0.2) is 98.3 Å². The van der Waals surface area contributed by atoms with Crippen LogP contribution in [0.5, 0.6) is 0 Å². The molecule has 1 heterocycles. The molecule has 0 spiro atoms. The van der Waals surface area contributed by atoms with Gasteiger partial charge >= 0.3 is 11.9 Å². The lowest BCUT2D eigenvalue weighted by molar-refractivity contribution is -0.177. The summed E-state index contributed by atoms with van der Waals surface area (Å²) >= 11 is 0. The van der Waals surface area contributed by atoms with Crippen molar-refractivity contribution in [3.8, 4) is 0 Å². The van der Waals surface area contributed by atoms with Crippen molar-refractivity contribution < 1.29 is 33.8 Å². The van der Waals surface area contributed by atoms with Crippen molar-refractivity contribution in [2.24, 2.45) is 0 Å². The van der Waals surface area contributed by atoms with Gasteiger partial charge in [0.1, 0.15) is 0 Å². The highest BCUT2D eigenvalue weighted by atomic mass is 16.6. The van der Waals surface area contributed by atoms with E-state index in [1.54, 1.807) is 36.2 Å².